The van der Waals surface area contributed by atoms with Gasteiger partial charge in [-0.2, -0.15) is 0 Å². The highest BCUT2D eigenvalue weighted by Crippen LogP contribution is 2.30. The van der Waals surface area contributed by atoms with Crippen molar-refractivity contribution in [3.05, 3.63) is 28.8 Å². The van der Waals surface area contributed by atoms with Crippen LogP contribution in [0, 0.1) is 11.8 Å². The molecule has 1 amide bonds. The summed E-state index contributed by atoms with van der Waals surface area (Å²) >= 11 is 5.96. The number of hydrogen-bond donors (Lipinski definition) is 1. The minimum Gasteiger partial charge on any atom is -0.492 e. The molecule has 1 heterocycles. The summed E-state index contributed by atoms with van der Waals surface area (Å²) in [6.07, 6.45) is 0.499. The third-order valence-electron chi connectivity index (χ3n) is 4.00. The summed E-state index contributed by atoms with van der Waals surface area (Å²) in [5.74, 6) is -0.0800. The van der Waals surface area contributed by atoms with Crippen molar-refractivity contribution in [3.63, 3.8) is 0 Å². The smallest absolute Gasteiger partial charge is 0.313 e. The van der Waals surface area contributed by atoms with Gasteiger partial charge in [-0.05, 0) is 43.0 Å². The first-order valence-corrected chi connectivity index (χ1v) is 8.12. The molecular formula is C17H22ClNO4. The maximum Gasteiger partial charge on any atom is 0.313 e. The van der Waals surface area contributed by atoms with Gasteiger partial charge in [0.15, 0.2) is 6.61 Å². The molecule has 0 aromatic heterocycles. The second-order valence-corrected chi connectivity index (χ2v) is 6.61. The molecule has 1 N–H and O–H groups in total. The molecule has 0 aliphatic carbocycles. The molecule has 1 aliphatic heterocycles. The predicted octanol–water partition coefficient (Wildman–Crippen LogP) is 2.60. The Morgan fingerprint density at radius 2 is 2.13 bits per heavy atom. The average molecular weight is 340 g/mol. The zero-order valence-electron chi connectivity index (χ0n) is 13.6. The van der Waals surface area contributed by atoms with Gasteiger partial charge < -0.3 is 14.8 Å². The number of ether oxygens (including phenoxy) is 2. The fraction of sp³-hybridized carbons (Fsp3) is 0.529. The van der Waals surface area contributed by atoms with E-state index in [1.807, 2.05) is 20.8 Å². The zero-order valence-corrected chi connectivity index (χ0v) is 14.4. The number of esters is 1. The molecule has 0 fully saturated rings. The lowest BCUT2D eigenvalue weighted by Crippen LogP contribution is -2.39. The molecule has 1 aliphatic rings. The monoisotopic (exact) mass is 339 g/mol. The van der Waals surface area contributed by atoms with Crippen molar-refractivity contribution in [3.8, 4) is 5.75 Å². The minimum absolute atomic E-state index is 0.0354. The SMILES string of the molecule is CC(C)[C@H](C)NC(=O)COC(=O)[C@H]1COc2ccc(Cl)cc2C1. The molecule has 2 atom stereocenters. The van der Waals surface area contributed by atoms with E-state index in [1.54, 1.807) is 18.2 Å². The number of benzene rings is 1. The summed E-state index contributed by atoms with van der Waals surface area (Å²) in [6, 6.07) is 5.36. The zero-order chi connectivity index (χ0) is 17.0. The summed E-state index contributed by atoms with van der Waals surface area (Å²) < 4.78 is 10.7. The Balaban J connectivity index is 1.84. The molecule has 0 spiro atoms. The molecule has 0 unspecified atom stereocenters. The van der Waals surface area contributed by atoms with Crippen LogP contribution in [-0.4, -0.2) is 31.1 Å². The Bertz CT molecular complexity index is 588. The van der Waals surface area contributed by atoms with E-state index in [1.165, 1.54) is 0 Å². The summed E-state index contributed by atoms with van der Waals surface area (Å²) in [4.78, 5) is 23.9. The molecule has 126 valence electrons. The van der Waals surface area contributed by atoms with Crippen LogP contribution in [0.2, 0.25) is 5.02 Å². The van der Waals surface area contributed by atoms with Crippen LogP contribution in [0.5, 0.6) is 5.75 Å². The first kappa shape index (κ1) is 17.6. The molecule has 23 heavy (non-hydrogen) atoms. The van der Waals surface area contributed by atoms with Crippen molar-refractivity contribution in [2.75, 3.05) is 13.2 Å². The number of nitrogens with one attached hydrogen (secondary N) is 1. The topological polar surface area (TPSA) is 64.6 Å². The summed E-state index contributed by atoms with van der Waals surface area (Å²) in [7, 11) is 0. The molecule has 6 heteroatoms. The van der Waals surface area contributed by atoms with Crippen LogP contribution in [0.4, 0.5) is 0 Å². The lowest BCUT2D eigenvalue weighted by Gasteiger charge is -2.24. The van der Waals surface area contributed by atoms with Gasteiger partial charge in [-0.1, -0.05) is 25.4 Å². The fourth-order valence-corrected chi connectivity index (χ4v) is 2.43. The second kappa shape index (κ2) is 7.68. The number of rotatable bonds is 5. The van der Waals surface area contributed by atoms with Gasteiger partial charge in [-0.25, -0.2) is 0 Å². The molecule has 1 aromatic rings. The van der Waals surface area contributed by atoms with Gasteiger partial charge >= 0.3 is 5.97 Å². The number of amides is 1. The van der Waals surface area contributed by atoms with E-state index in [0.29, 0.717) is 17.4 Å². The molecule has 0 saturated carbocycles. The predicted molar refractivity (Wildman–Crippen MR) is 87.5 cm³/mol. The molecule has 2 rings (SSSR count). The highest BCUT2D eigenvalue weighted by molar-refractivity contribution is 6.30. The number of halogens is 1. The van der Waals surface area contributed by atoms with Gasteiger partial charge in [-0.3, -0.25) is 9.59 Å². The maximum absolute atomic E-state index is 12.1. The van der Waals surface area contributed by atoms with Crippen molar-refractivity contribution in [2.45, 2.75) is 33.2 Å². The van der Waals surface area contributed by atoms with Crippen LogP contribution in [0.3, 0.4) is 0 Å². The standard InChI is InChI=1S/C17H22ClNO4/c1-10(2)11(3)19-16(20)9-23-17(21)13-6-12-7-14(18)4-5-15(12)22-8-13/h4-5,7,10-11,13H,6,8-9H2,1-3H3,(H,19,20)/t11-,13+/m0/s1. The molecular weight excluding hydrogens is 318 g/mol. The molecule has 0 bridgehead atoms. The van der Waals surface area contributed by atoms with Crippen LogP contribution in [-0.2, 0) is 20.7 Å². The van der Waals surface area contributed by atoms with Crippen molar-refractivity contribution < 1.29 is 19.1 Å². The van der Waals surface area contributed by atoms with Crippen LogP contribution in [0.1, 0.15) is 26.3 Å². The van der Waals surface area contributed by atoms with E-state index < -0.39 is 11.9 Å². The van der Waals surface area contributed by atoms with Crippen molar-refractivity contribution in [2.24, 2.45) is 11.8 Å². The maximum atomic E-state index is 12.1. The third kappa shape index (κ3) is 4.86. The van der Waals surface area contributed by atoms with Gasteiger partial charge in [0.2, 0.25) is 0 Å². The third-order valence-corrected chi connectivity index (χ3v) is 4.23. The normalized spacial score (nSPS) is 17.9. The fourth-order valence-electron chi connectivity index (χ4n) is 2.23. The van der Waals surface area contributed by atoms with Crippen molar-refractivity contribution >= 4 is 23.5 Å². The summed E-state index contributed by atoms with van der Waals surface area (Å²) in [6.45, 7) is 5.92. The van der Waals surface area contributed by atoms with Crippen LogP contribution < -0.4 is 10.1 Å². The Kier molecular flexibility index (Phi) is 5.88. The summed E-state index contributed by atoms with van der Waals surface area (Å²) in [5.41, 5.74) is 0.878. The van der Waals surface area contributed by atoms with Gasteiger partial charge in [0, 0.05) is 11.1 Å². The molecule has 1 aromatic carbocycles. The Morgan fingerprint density at radius 1 is 1.39 bits per heavy atom. The van der Waals surface area contributed by atoms with E-state index in [9.17, 15) is 9.59 Å². The van der Waals surface area contributed by atoms with Gasteiger partial charge in [0.05, 0.1) is 5.92 Å². The van der Waals surface area contributed by atoms with Crippen LogP contribution in [0.15, 0.2) is 18.2 Å². The molecule has 5 nitrogen and oxygen atoms in total. The van der Waals surface area contributed by atoms with Crippen LogP contribution in [0.25, 0.3) is 0 Å². The lowest BCUT2D eigenvalue weighted by molar-refractivity contribution is -0.154. The van der Waals surface area contributed by atoms with Crippen LogP contribution >= 0.6 is 11.6 Å². The molecule has 0 radical (unpaired) electrons. The number of fused-ring (bicyclic) bond motifs is 1. The van der Waals surface area contributed by atoms with Crippen molar-refractivity contribution in [1.29, 1.82) is 0 Å². The highest BCUT2D eigenvalue weighted by atomic mass is 35.5. The Hall–Kier alpha value is -1.75. The Labute approximate surface area is 141 Å². The van der Waals surface area contributed by atoms with Gasteiger partial charge in [0.25, 0.3) is 5.91 Å². The highest BCUT2D eigenvalue weighted by Gasteiger charge is 2.28. The first-order valence-electron chi connectivity index (χ1n) is 7.74. The largest absolute Gasteiger partial charge is 0.492 e. The molecule has 0 saturated heterocycles. The van der Waals surface area contributed by atoms with Crippen molar-refractivity contribution in [1.82, 2.24) is 5.32 Å². The quantitative estimate of drug-likeness (QED) is 0.837. The first-order chi connectivity index (χ1) is 10.9. The summed E-state index contributed by atoms with van der Waals surface area (Å²) in [5, 5.41) is 3.40. The van der Waals surface area contributed by atoms with E-state index >= 15 is 0 Å². The second-order valence-electron chi connectivity index (χ2n) is 6.17. The van der Waals surface area contributed by atoms with E-state index in [4.69, 9.17) is 21.1 Å². The number of carbonyl (C=O) groups excluding carboxylic acids is 2. The number of hydrogen-bond acceptors (Lipinski definition) is 4. The minimum atomic E-state index is -0.428. The Morgan fingerprint density at radius 3 is 2.83 bits per heavy atom. The lowest BCUT2D eigenvalue weighted by atomic mass is 9.97. The van der Waals surface area contributed by atoms with E-state index in [2.05, 4.69) is 5.32 Å². The average Bonchev–Trinajstić information content (AvgIpc) is 2.51. The van der Waals surface area contributed by atoms with E-state index in [-0.39, 0.29) is 25.2 Å². The van der Waals surface area contributed by atoms with E-state index in [0.717, 1.165) is 11.3 Å². The van der Waals surface area contributed by atoms with Gasteiger partial charge in [-0.15, -0.1) is 0 Å². The van der Waals surface area contributed by atoms with Gasteiger partial charge in [0.1, 0.15) is 12.4 Å². The number of carbonyl (C=O) groups is 2.